The quantitative estimate of drug-likeness (QED) is 0.485. The van der Waals surface area contributed by atoms with Gasteiger partial charge in [0.2, 0.25) is 17.7 Å². The summed E-state index contributed by atoms with van der Waals surface area (Å²) in [6.07, 6.45) is -0.833. The number of nitrogens with zero attached hydrogens (tertiary/aromatic N) is 2. The molecule has 0 aliphatic carbocycles. The van der Waals surface area contributed by atoms with E-state index in [-0.39, 0.29) is 29.8 Å². The maximum Gasteiger partial charge on any atom is 0.327 e. The number of nitrogens with one attached hydrogen (secondary N) is 3. The molecule has 2 aliphatic rings. The predicted octanol–water partition coefficient (Wildman–Crippen LogP) is 1.14. The fourth-order valence-corrected chi connectivity index (χ4v) is 5.22. The maximum atomic E-state index is 13.0. The van der Waals surface area contributed by atoms with E-state index < -0.39 is 23.4 Å². The number of carbonyl (C=O) groups excluding carboxylic acids is 4. The molecule has 0 radical (unpaired) electrons. The third kappa shape index (κ3) is 4.76. The van der Waals surface area contributed by atoms with Crippen molar-refractivity contribution < 1.29 is 19.2 Å². The van der Waals surface area contributed by atoms with Gasteiger partial charge in [0, 0.05) is 25.3 Å². The first kappa shape index (κ1) is 23.7. The number of thioether (sulfide) groups is 1. The van der Waals surface area contributed by atoms with Crippen LogP contribution in [0.4, 0.5) is 10.5 Å². The number of amides is 5. The van der Waals surface area contributed by atoms with Crippen LogP contribution < -0.4 is 21.7 Å². The van der Waals surface area contributed by atoms with Crippen LogP contribution in [0.15, 0.2) is 54.6 Å². The molecule has 5 amide bonds. The van der Waals surface area contributed by atoms with Gasteiger partial charge in [0.15, 0.2) is 0 Å². The van der Waals surface area contributed by atoms with Crippen molar-refractivity contribution in [3.8, 4) is 0 Å². The summed E-state index contributed by atoms with van der Waals surface area (Å²) in [6.45, 7) is 0. The molecule has 11 heteroatoms. The molecule has 2 fully saturated rings. The first-order valence-electron chi connectivity index (χ1n) is 10.7. The minimum absolute atomic E-state index is 0.0780. The molecule has 0 aromatic heterocycles. The van der Waals surface area contributed by atoms with E-state index in [4.69, 9.17) is 5.73 Å². The summed E-state index contributed by atoms with van der Waals surface area (Å²) in [5.74, 6) is -1.61. The molecule has 34 heavy (non-hydrogen) atoms. The maximum absolute atomic E-state index is 13.0. The van der Waals surface area contributed by atoms with Crippen molar-refractivity contribution in [1.29, 1.82) is 0 Å². The van der Waals surface area contributed by atoms with Crippen LogP contribution >= 0.6 is 11.8 Å². The lowest BCUT2D eigenvalue weighted by molar-refractivity contribution is -0.140. The molecule has 2 saturated heterocycles. The number of anilines is 1. The highest BCUT2D eigenvalue weighted by molar-refractivity contribution is 8.00. The van der Waals surface area contributed by atoms with E-state index in [2.05, 4.69) is 16.0 Å². The van der Waals surface area contributed by atoms with E-state index in [0.717, 1.165) is 10.5 Å². The van der Waals surface area contributed by atoms with Gasteiger partial charge >= 0.3 is 6.03 Å². The van der Waals surface area contributed by atoms with Gasteiger partial charge in [-0.1, -0.05) is 30.3 Å². The van der Waals surface area contributed by atoms with Gasteiger partial charge in [0.25, 0.3) is 0 Å². The molecular weight excluding hydrogens is 456 g/mol. The van der Waals surface area contributed by atoms with Crippen molar-refractivity contribution in [2.45, 2.75) is 17.7 Å². The van der Waals surface area contributed by atoms with Crippen molar-refractivity contribution in [2.75, 3.05) is 25.2 Å². The van der Waals surface area contributed by atoms with E-state index in [1.165, 1.54) is 35.8 Å². The van der Waals surface area contributed by atoms with Gasteiger partial charge in [0.1, 0.15) is 0 Å². The minimum Gasteiger partial charge on any atom is -0.366 e. The van der Waals surface area contributed by atoms with E-state index in [1.54, 1.807) is 19.2 Å². The lowest BCUT2D eigenvalue weighted by Gasteiger charge is -2.50. The first-order chi connectivity index (χ1) is 16.3. The molecule has 0 saturated carbocycles. The highest BCUT2D eigenvalue weighted by atomic mass is 32.2. The molecule has 4 unspecified atom stereocenters. The van der Waals surface area contributed by atoms with E-state index in [1.807, 2.05) is 30.3 Å². The average Bonchev–Trinajstić information content (AvgIpc) is 2.85. The third-order valence-electron chi connectivity index (χ3n) is 5.94. The molecule has 2 heterocycles. The van der Waals surface area contributed by atoms with Crippen molar-refractivity contribution in [3.63, 3.8) is 0 Å². The zero-order valence-electron chi connectivity index (χ0n) is 18.7. The van der Waals surface area contributed by atoms with Crippen LogP contribution in [0, 0.1) is 5.92 Å². The number of hydrogen-bond acceptors (Lipinski definition) is 7. The summed E-state index contributed by atoms with van der Waals surface area (Å²) in [7, 11) is 3.12. The summed E-state index contributed by atoms with van der Waals surface area (Å²) in [5.41, 5.74) is 7.09. The standard InChI is InChI=1S/C23H26N6O4S/c1-28-20-17(22(32)29(2)23(28)33)21(27-19(26-20)14-6-4-3-5-7-14)34-12-16(30)25-15-10-8-13(9-11-15)18(24)31/h3-11,17,19-21,26-27H,12H2,1-2H3,(H2,24,31)(H,25,30). The Morgan fingerprint density at radius 1 is 1.03 bits per heavy atom. The second kappa shape index (κ2) is 9.84. The van der Waals surface area contributed by atoms with E-state index >= 15 is 0 Å². The van der Waals surface area contributed by atoms with E-state index in [0.29, 0.717) is 11.3 Å². The fraction of sp³-hybridized carbons (Fsp3) is 0.304. The minimum atomic E-state index is -0.583. The van der Waals surface area contributed by atoms with Gasteiger partial charge in [-0.15, -0.1) is 11.8 Å². The Hall–Kier alpha value is -3.41. The molecule has 2 aromatic carbocycles. The summed E-state index contributed by atoms with van der Waals surface area (Å²) in [5, 5.41) is 9.16. The van der Waals surface area contributed by atoms with E-state index in [9.17, 15) is 19.2 Å². The summed E-state index contributed by atoms with van der Waals surface area (Å²) in [4.78, 5) is 52.1. The van der Waals surface area contributed by atoms with Crippen molar-refractivity contribution >= 4 is 41.2 Å². The average molecular weight is 483 g/mol. The van der Waals surface area contributed by atoms with Gasteiger partial charge < -0.3 is 16.0 Å². The smallest absolute Gasteiger partial charge is 0.327 e. The summed E-state index contributed by atoms with van der Waals surface area (Å²) in [6, 6.07) is 15.6. The number of benzene rings is 2. The lowest BCUT2D eigenvalue weighted by Crippen LogP contribution is -2.72. The Bertz CT molecular complexity index is 1100. The van der Waals surface area contributed by atoms with Crippen LogP contribution in [0.25, 0.3) is 0 Å². The molecule has 4 atom stereocenters. The number of urea groups is 1. The number of fused-ring (bicyclic) bond motifs is 1. The van der Waals surface area contributed by atoms with Crippen molar-refractivity contribution in [2.24, 2.45) is 11.7 Å². The Labute approximate surface area is 201 Å². The number of primary amides is 1. The first-order valence-corrected chi connectivity index (χ1v) is 11.7. The van der Waals surface area contributed by atoms with Crippen LogP contribution in [0.3, 0.4) is 0 Å². The normalized spacial score (nSPS) is 24.5. The molecule has 2 aromatic rings. The zero-order valence-corrected chi connectivity index (χ0v) is 19.5. The SMILES string of the molecule is CN1C(=O)C2C(SCC(=O)Nc3ccc(C(N)=O)cc3)NC(c3ccccc3)NC2N(C)C1=O. The van der Waals surface area contributed by atoms with Crippen LogP contribution in [0.5, 0.6) is 0 Å². The fourth-order valence-electron chi connectivity index (χ4n) is 4.12. The largest absolute Gasteiger partial charge is 0.366 e. The van der Waals surface area contributed by atoms with Crippen molar-refractivity contribution in [3.05, 3.63) is 65.7 Å². The molecule has 10 nitrogen and oxygen atoms in total. The van der Waals surface area contributed by atoms with Gasteiger partial charge in [0.05, 0.1) is 29.4 Å². The van der Waals surface area contributed by atoms with Crippen LogP contribution in [0.2, 0.25) is 0 Å². The number of nitrogens with two attached hydrogens (primary N) is 1. The highest BCUT2D eigenvalue weighted by Crippen LogP contribution is 2.34. The molecule has 178 valence electrons. The Balaban J connectivity index is 1.49. The Kier molecular flexibility index (Phi) is 6.87. The Morgan fingerprint density at radius 2 is 1.71 bits per heavy atom. The number of hydrogen-bond donors (Lipinski definition) is 4. The topological polar surface area (TPSA) is 137 Å². The number of rotatable bonds is 6. The van der Waals surface area contributed by atoms with Crippen LogP contribution in [0.1, 0.15) is 22.1 Å². The van der Waals surface area contributed by atoms with Gasteiger partial charge in [-0.2, -0.15) is 0 Å². The summed E-state index contributed by atoms with van der Waals surface area (Å²) >= 11 is 1.30. The molecule has 0 bridgehead atoms. The molecule has 4 rings (SSSR count). The molecule has 2 aliphatic heterocycles. The lowest BCUT2D eigenvalue weighted by atomic mass is 9.96. The second-order valence-electron chi connectivity index (χ2n) is 8.16. The monoisotopic (exact) mass is 482 g/mol. The predicted molar refractivity (Wildman–Crippen MR) is 128 cm³/mol. The molecular formula is C23H26N6O4S. The second-order valence-corrected chi connectivity index (χ2v) is 9.29. The summed E-state index contributed by atoms with van der Waals surface area (Å²) < 4.78 is 0. The molecule has 0 spiro atoms. The van der Waals surface area contributed by atoms with Gasteiger partial charge in [-0.05, 0) is 29.8 Å². The molecule has 5 N–H and O–H groups in total. The van der Waals surface area contributed by atoms with Gasteiger partial charge in [-0.25, -0.2) is 4.79 Å². The number of carbonyl (C=O) groups is 4. The number of imide groups is 1. The third-order valence-corrected chi connectivity index (χ3v) is 7.15. The Morgan fingerprint density at radius 3 is 2.35 bits per heavy atom. The zero-order chi connectivity index (χ0) is 24.4. The van der Waals surface area contributed by atoms with Gasteiger partial charge in [-0.3, -0.25) is 29.9 Å². The highest BCUT2D eigenvalue weighted by Gasteiger charge is 2.51. The van der Waals surface area contributed by atoms with Crippen molar-refractivity contribution in [1.82, 2.24) is 20.4 Å². The van der Waals surface area contributed by atoms with Crippen LogP contribution in [-0.2, 0) is 9.59 Å². The van der Waals surface area contributed by atoms with Crippen LogP contribution in [-0.4, -0.2) is 64.9 Å².